The number of benzene rings is 1. The Hall–Kier alpha value is -0.900. The summed E-state index contributed by atoms with van der Waals surface area (Å²) in [5.41, 5.74) is 1.35. The zero-order chi connectivity index (χ0) is 11.6. The van der Waals surface area contributed by atoms with Crippen LogP contribution >= 0.6 is 0 Å². The van der Waals surface area contributed by atoms with Crippen LogP contribution in [0, 0.1) is 0 Å². The quantitative estimate of drug-likeness (QED) is 0.651. The van der Waals surface area contributed by atoms with Gasteiger partial charge in [-0.1, -0.05) is 30.3 Å². The number of rotatable bonds is 8. The first kappa shape index (κ1) is 13.2. The Kier molecular flexibility index (Phi) is 6.81. The van der Waals surface area contributed by atoms with Crippen molar-refractivity contribution >= 4 is 0 Å². The molecule has 1 aromatic carbocycles. The van der Waals surface area contributed by atoms with Gasteiger partial charge in [-0.2, -0.15) is 0 Å². The minimum Gasteiger partial charge on any atom is -0.394 e. The standard InChI is InChI=1S/C13H21NO2/c1-12(14-7-9-16-10-8-15)11-13-5-3-2-4-6-13/h2-6,12,14-15H,7-11H2,1H3. The lowest BCUT2D eigenvalue weighted by Gasteiger charge is -2.13. The molecule has 0 saturated carbocycles. The van der Waals surface area contributed by atoms with Crippen molar-refractivity contribution in [2.45, 2.75) is 19.4 Å². The second-order valence-corrected chi connectivity index (χ2v) is 3.88. The van der Waals surface area contributed by atoms with Crippen LogP contribution in [-0.4, -0.2) is 37.5 Å². The highest BCUT2D eigenvalue weighted by Gasteiger charge is 2.01. The van der Waals surface area contributed by atoms with Crippen LogP contribution in [0.1, 0.15) is 12.5 Å². The predicted octanol–water partition coefficient (Wildman–Crippen LogP) is 1.22. The minimum atomic E-state index is 0.0968. The summed E-state index contributed by atoms with van der Waals surface area (Å²) in [6.45, 7) is 4.17. The molecule has 2 N–H and O–H groups in total. The Bertz CT molecular complexity index is 264. The average Bonchev–Trinajstić information content (AvgIpc) is 2.30. The predicted molar refractivity (Wildman–Crippen MR) is 65.5 cm³/mol. The van der Waals surface area contributed by atoms with E-state index in [0.29, 0.717) is 19.3 Å². The van der Waals surface area contributed by atoms with E-state index in [9.17, 15) is 0 Å². The fourth-order valence-electron chi connectivity index (χ4n) is 1.58. The molecule has 0 spiro atoms. The van der Waals surface area contributed by atoms with Crippen molar-refractivity contribution in [2.24, 2.45) is 0 Å². The molecule has 0 radical (unpaired) electrons. The highest BCUT2D eigenvalue weighted by Crippen LogP contribution is 2.02. The Labute approximate surface area is 97.4 Å². The third kappa shape index (κ3) is 5.85. The second kappa shape index (κ2) is 8.28. The molecule has 0 aliphatic rings. The molecule has 0 aromatic heterocycles. The van der Waals surface area contributed by atoms with E-state index in [0.717, 1.165) is 13.0 Å². The number of hydrogen-bond donors (Lipinski definition) is 2. The van der Waals surface area contributed by atoms with E-state index in [4.69, 9.17) is 9.84 Å². The Morgan fingerprint density at radius 1 is 1.25 bits per heavy atom. The molecule has 90 valence electrons. The van der Waals surface area contributed by atoms with Crippen LogP contribution in [-0.2, 0) is 11.2 Å². The van der Waals surface area contributed by atoms with Gasteiger partial charge in [-0.05, 0) is 18.9 Å². The van der Waals surface area contributed by atoms with Gasteiger partial charge in [0.1, 0.15) is 0 Å². The van der Waals surface area contributed by atoms with Gasteiger partial charge in [-0.25, -0.2) is 0 Å². The number of hydrogen-bond acceptors (Lipinski definition) is 3. The van der Waals surface area contributed by atoms with Crippen LogP contribution in [0.3, 0.4) is 0 Å². The first-order chi connectivity index (χ1) is 7.83. The third-order valence-electron chi connectivity index (χ3n) is 2.36. The van der Waals surface area contributed by atoms with E-state index in [1.54, 1.807) is 0 Å². The largest absolute Gasteiger partial charge is 0.394 e. The summed E-state index contributed by atoms with van der Waals surface area (Å²) in [7, 11) is 0. The summed E-state index contributed by atoms with van der Waals surface area (Å²) >= 11 is 0. The van der Waals surface area contributed by atoms with E-state index >= 15 is 0 Å². The summed E-state index contributed by atoms with van der Waals surface area (Å²) < 4.78 is 5.17. The first-order valence-corrected chi connectivity index (χ1v) is 5.79. The number of nitrogens with one attached hydrogen (secondary N) is 1. The fourth-order valence-corrected chi connectivity index (χ4v) is 1.58. The minimum absolute atomic E-state index is 0.0968. The molecular weight excluding hydrogens is 202 g/mol. The van der Waals surface area contributed by atoms with Crippen LogP contribution < -0.4 is 5.32 Å². The van der Waals surface area contributed by atoms with E-state index < -0.39 is 0 Å². The smallest absolute Gasteiger partial charge is 0.0698 e. The maximum absolute atomic E-state index is 8.52. The molecule has 3 nitrogen and oxygen atoms in total. The summed E-state index contributed by atoms with van der Waals surface area (Å²) in [5.74, 6) is 0. The van der Waals surface area contributed by atoms with Crippen LogP contribution in [0.2, 0.25) is 0 Å². The molecule has 1 unspecified atom stereocenters. The molecular formula is C13H21NO2. The highest BCUT2D eigenvalue weighted by atomic mass is 16.5. The number of ether oxygens (including phenoxy) is 1. The zero-order valence-corrected chi connectivity index (χ0v) is 9.86. The lowest BCUT2D eigenvalue weighted by molar-refractivity contribution is 0.0928. The van der Waals surface area contributed by atoms with Crippen LogP contribution in [0.4, 0.5) is 0 Å². The van der Waals surface area contributed by atoms with Crippen LogP contribution in [0.25, 0.3) is 0 Å². The van der Waals surface area contributed by atoms with Gasteiger partial charge in [-0.3, -0.25) is 0 Å². The molecule has 3 heteroatoms. The van der Waals surface area contributed by atoms with E-state index in [1.807, 2.05) is 6.07 Å². The highest BCUT2D eigenvalue weighted by molar-refractivity contribution is 5.15. The molecule has 16 heavy (non-hydrogen) atoms. The lowest BCUT2D eigenvalue weighted by Crippen LogP contribution is -2.31. The Morgan fingerprint density at radius 3 is 2.69 bits per heavy atom. The number of aliphatic hydroxyl groups excluding tert-OH is 1. The van der Waals surface area contributed by atoms with Gasteiger partial charge in [0.2, 0.25) is 0 Å². The molecule has 0 heterocycles. The molecule has 0 fully saturated rings. The van der Waals surface area contributed by atoms with Crippen LogP contribution in [0.15, 0.2) is 30.3 Å². The Balaban J connectivity index is 2.09. The van der Waals surface area contributed by atoms with Crippen molar-refractivity contribution in [3.8, 4) is 0 Å². The molecule has 1 atom stereocenters. The van der Waals surface area contributed by atoms with Crippen molar-refractivity contribution in [3.05, 3.63) is 35.9 Å². The van der Waals surface area contributed by atoms with Crippen molar-refractivity contribution in [1.82, 2.24) is 5.32 Å². The second-order valence-electron chi connectivity index (χ2n) is 3.88. The van der Waals surface area contributed by atoms with Gasteiger partial charge in [-0.15, -0.1) is 0 Å². The fraction of sp³-hybridized carbons (Fsp3) is 0.538. The molecule has 0 aliphatic heterocycles. The maximum atomic E-state index is 8.52. The molecule has 0 saturated heterocycles. The molecule has 0 aliphatic carbocycles. The van der Waals surface area contributed by atoms with Gasteiger partial charge in [0.25, 0.3) is 0 Å². The molecule has 0 amide bonds. The first-order valence-electron chi connectivity index (χ1n) is 5.79. The van der Waals surface area contributed by atoms with Crippen molar-refractivity contribution in [3.63, 3.8) is 0 Å². The number of aliphatic hydroxyl groups is 1. The summed E-state index contributed by atoms with van der Waals surface area (Å²) in [6.07, 6.45) is 1.03. The van der Waals surface area contributed by atoms with Gasteiger partial charge in [0, 0.05) is 12.6 Å². The normalized spacial score (nSPS) is 12.6. The maximum Gasteiger partial charge on any atom is 0.0698 e. The third-order valence-corrected chi connectivity index (χ3v) is 2.36. The SMILES string of the molecule is CC(Cc1ccccc1)NCCOCCO. The monoisotopic (exact) mass is 223 g/mol. The van der Waals surface area contributed by atoms with E-state index in [-0.39, 0.29) is 6.61 Å². The Morgan fingerprint density at radius 2 is 2.00 bits per heavy atom. The molecule has 1 rings (SSSR count). The van der Waals surface area contributed by atoms with Crippen molar-refractivity contribution < 1.29 is 9.84 Å². The van der Waals surface area contributed by atoms with E-state index in [1.165, 1.54) is 5.56 Å². The van der Waals surface area contributed by atoms with E-state index in [2.05, 4.69) is 36.5 Å². The molecule has 1 aromatic rings. The lowest BCUT2D eigenvalue weighted by atomic mass is 10.1. The zero-order valence-electron chi connectivity index (χ0n) is 9.86. The van der Waals surface area contributed by atoms with Gasteiger partial charge >= 0.3 is 0 Å². The topological polar surface area (TPSA) is 41.5 Å². The summed E-state index contributed by atoms with van der Waals surface area (Å²) in [6, 6.07) is 10.9. The average molecular weight is 223 g/mol. The summed E-state index contributed by atoms with van der Waals surface area (Å²) in [5, 5.41) is 11.9. The van der Waals surface area contributed by atoms with Gasteiger partial charge in [0.15, 0.2) is 0 Å². The molecule has 0 bridgehead atoms. The van der Waals surface area contributed by atoms with Gasteiger partial charge in [0.05, 0.1) is 19.8 Å². The van der Waals surface area contributed by atoms with Crippen molar-refractivity contribution in [1.29, 1.82) is 0 Å². The summed E-state index contributed by atoms with van der Waals surface area (Å²) in [4.78, 5) is 0. The van der Waals surface area contributed by atoms with Crippen molar-refractivity contribution in [2.75, 3.05) is 26.4 Å². The van der Waals surface area contributed by atoms with Crippen LogP contribution in [0.5, 0.6) is 0 Å². The van der Waals surface area contributed by atoms with Gasteiger partial charge < -0.3 is 15.2 Å².